The van der Waals surface area contributed by atoms with Gasteiger partial charge >= 0.3 is 5.97 Å². The number of hydrogen-bond acceptors (Lipinski definition) is 4. The standard InChI is InChI=1S/C12H13BrFNO4S2/c13-8-1-2-11(10(14)5-8)21(18,19)15-3-4-20-7-9(15)6-12(16)17/h1-2,5,9H,3-4,6-7H2,(H,16,17). The fourth-order valence-corrected chi connectivity index (χ4v) is 5.41. The van der Waals surface area contributed by atoms with Gasteiger partial charge in [-0.15, -0.1) is 0 Å². The van der Waals surface area contributed by atoms with Crippen LogP contribution in [0.3, 0.4) is 0 Å². The zero-order valence-electron chi connectivity index (χ0n) is 10.8. The van der Waals surface area contributed by atoms with Crippen molar-refractivity contribution in [2.45, 2.75) is 17.4 Å². The Kier molecular flexibility index (Phi) is 5.29. The molecule has 1 N–H and O–H groups in total. The predicted octanol–water partition coefficient (Wildman–Crippen LogP) is 2.17. The number of carbonyl (C=O) groups is 1. The van der Waals surface area contributed by atoms with Crippen molar-refractivity contribution in [3.63, 3.8) is 0 Å². The lowest BCUT2D eigenvalue weighted by Crippen LogP contribution is -2.47. The third-order valence-corrected chi connectivity index (χ3v) is 6.63. The van der Waals surface area contributed by atoms with Crippen LogP contribution in [-0.2, 0) is 14.8 Å². The molecule has 1 aromatic carbocycles. The molecular formula is C12H13BrFNO4S2. The lowest BCUT2D eigenvalue weighted by Gasteiger charge is -2.33. The van der Waals surface area contributed by atoms with E-state index in [1.807, 2.05) is 0 Å². The summed E-state index contributed by atoms with van der Waals surface area (Å²) < 4.78 is 40.6. The number of carboxylic acids is 1. The van der Waals surface area contributed by atoms with Gasteiger partial charge in [-0.05, 0) is 18.2 Å². The predicted molar refractivity (Wildman–Crippen MR) is 81.4 cm³/mol. The van der Waals surface area contributed by atoms with Gasteiger partial charge in [0.1, 0.15) is 10.7 Å². The molecule has 1 aliphatic rings. The number of aliphatic carboxylic acids is 1. The van der Waals surface area contributed by atoms with Gasteiger partial charge in [0.2, 0.25) is 10.0 Å². The van der Waals surface area contributed by atoms with Gasteiger partial charge in [-0.25, -0.2) is 12.8 Å². The minimum absolute atomic E-state index is 0.181. The first kappa shape index (κ1) is 16.7. The van der Waals surface area contributed by atoms with Crippen molar-refractivity contribution in [2.24, 2.45) is 0 Å². The minimum Gasteiger partial charge on any atom is -0.481 e. The van der Waals surface area contributed by atoms with E-state index >= 15 is 0 Å². The van der Waals surface area contributed by atoms with Crippen LogP contribution in [0.5, 0.6) is 0 Å². The zero-order valence-corrected chi connectivity index (χ0v) is 14.0. The Morgan fingerprint density at radius 2 is 2.24 bits per heavy atom. The summed E-state index contributed by atoms with van der Waals surface area (Å²) in [5.41, 5.74) is 0. The minimum atomic E-state index is -4.04. The first-order chi connectivity index (χ1) is 9.82. The molecule has 0 amide bonds. The molecule has 1 heterocycles. The number of nitrogens with zero attached hydrogens (tertiary/aromatic N) is 1. The monoisotopic (exact) mass is 397 g/mol. The normalized spacial score (nSPS) is 20.4. The first-order valence-electron chi connectivity index (χ1n) is 6.09. The Morgan fingerprint density at radius 1 is 1.52 bits per heavy atom. The largest absolute Gasteiger partial charge is 0.481 e. The quantitative estimate of drug-likeness (QED) is 0.842. The first-order valence-corrected chi connectivity index (χ1v) is 9.47. The van der Waals surface area contributed by atoms with Gasteiger partial charge in [-0.2, -0.15) is 16.1 Å². The summed E-state index contributed by atoms with van der Waals surface area (Å²) >= 11 is 4.57. The number of hydrogen-bond donors (Lipinski definition) is 1. The molecule has 21 heavy (non-hydrogen) atoms. The molecule has 0 saturated carbocycles. The van der Waals surface area contributed by atoms with E-state index in [4.69, 9.17) is 5.11 Å². The van der Waals surface area contributed by atoms with E-state index in [1.54, 1.807) is 0 Å². The molecule has 0 aliphatic carbocycles. The van der Waals surface area contributed by atoms with Crippen LogP contribution in [0.25, 0.3) is 0 Å². The van der Waals surface area contributed by atoms with Gasteiger partial charge in [0.15, 0.2) is 0 Å². The molecule has 0 aromatic heterocycles. The van der Waals surface area contributed by atoms with E-state index in [0.29, 0.717) is 16.0 Å². The van der Waals surface area contributed by atoms with E-state index in [2.05, 4.69) is 15.9 Å². The molecule has 1 saturated heterocycles. The van der Waals surface area contributed by atoms with Gasteiger partial charge in [-0.1, -0.05) is 15.9 Å². The topological polar surface area (TPSA) is 74.7 Å². The summed E-state index contributed by atoms with van der Waals surface area (Å²) in [5.74, 6) is -0.965. The van der Waals surface area contributed by atoms with Crippen LogP contribution in [-0.4, -0.2) is 47.9 Å². The molecule has 1 atom stereocenters. The third kappa shape index (κ3) is 3.77. The van der Waals surface area contributed by atoms with Crippen LogP contribution >= 0.6 is 27.7 Å². The van der Waals surface area contributed by atoms with Crippen LogP contribution < -0.4 is 0 Å². The van der Waals surface area contributed by atoms with Crippen LogP contribution in [0.15, 0.2) is 27.6 Å². The molecule has 1 unspecified atom stereocenters. The summed E-state index contributed by atoms with van der Waals surface area (Å²) in [4.78, 5) is 10.5. The van der Waals surface area contributed by atoms with E-state index in [9.17, 15) is 17.6 Å². The van der Waals surface area contributed by atoms with E-state index < -0.39 is 32.7 Å². The Bertz CT molecular complexity index is 653. The lowest BCUT2D eigenvalue weighted by molar-refractivity contribution is -0.137. The van der Waals surface area contributed by atoms with Crippen LogP contribution in [0.4, 0.5) is 4.39 Å². The maximum absolute atomic E-state index is 13.9. The number of carboxylic acid groups (broad SMARTS) is 1. The van der Waals surface area contributed by atoms with Gasteiger partial charge in [0, 0.05) is 28.6 Å². The average Bonchev–Trinajstić information content (AvgIpc) is 2.37. The van der Waals surface area contributed by atoms with Gasteiger partial charge in [-0.3, -0.25) is 4.79 Å². The zero-order chi connectivity index (χ0) is 15.6. The maximum atomic E-state index is 13.9. The van der Waals surface area contributed by atoms with Gasteiger partial charge < -0.3 is 5.11 Å². The van der Waals surface area contributed by atoms with Crippen LogP contribution in [0, 0.1) is 5.82 Å². The van der Waals surface area contributed by atoms with Crippen molar-refractivity contribution >= 4 is 43.7 Å². The Labute approximate surface area is 134 Å². The van der Waals surface area contributed by atoms with Crippen molar-refractivity contribution < 1.29 is 22.7 Å². The molecule has 116 valence electrons. The second-order valence-corrected chi connectivity index (χ2v) is 8.44. The van der Waals surface area contributed by atoms with Crippen molar-refractivity contribution in [3.8, 4) is 0 Å². The van der Waals surface area contributed by atoms with E-state index in [1.165, 1.54) is 23.9 Å². The summed E-state index contributed by atoms with van der Waals surface area (Å²) in [6.45, 7) is 0.181. The Hall–Kier alpha value is -0.640. The van der Waals surface area contributed by atoms with E-state index in [0.717, 1.165) is 10.4 Å². The SMILES string of the molecule is O=C(O)CC1CSCCN1S(=O)(=O)c1ccc(Br)cc1F. The summed E-state index contributed by atoms with van der Waals surface area (Å²) in [5, 5.41) is 8.90. The molecule has 1 aliphatic heterocycles. The van der Waals surface area contributed by atoms with Gasteiger partial charge in [0.05, 0.1) is 6.42 Å². The van der Waals surface area contributed by atoms with Crippen LogP contribution in [0.2, 0.25) is 0 Å². The highest BCUT2D eigenvalue weighted by Gasteiger charge is 2.36. The smallest absolute Gasteiger partial charge is 0.305 e. The second-order valence-electron chi connectivity index (χ2n) is 4.52. The molecule has 0 bridgehead atoms. The Balaban J connectivity index is 2.38. The third-order valence-electron chi connectivity index (χ3n) is 3.06. The summed E-state index contributed by atoms with van der Waals surface area (Å²) in [6, 6.07) is 3.06. The average molecular weight is 398 g/mol. The molecule has 2 rings (SSSR count). The van der Waals surface area contributed by atoms with Crippen molar-refractivity contribution in [1.29, 1.82) is 0 Å². The molecule has 9 heteroatoms. The highest BCUT2D eigenvalue weighted by atomic mass is 79.9. The highest BCUT2D eigenvalue weighted by molar-refractivity contribution is 9.10. The molecule has 5 nitrogen and oxygen atoms in total. The van der Waals surface area contributed by atoms with Crippen molar-refractivity contribution in [1.82, 2.24) is 4.31 Å². The number of halogens is 2. The number of thioether (sulfide) groups is 1. The summed E-state index contributed by atoms with van der Waals surface area (Å²) in [6.07, 6.45) is -0.287. The van der Waals surface area contributed by atoms with Gasteiger partial charge in [0.25, 0.3) is 0 Å². The molecule has 0 spiro atoms. The molecular weight excluding hydrogens is 385 g/mol. The maximum Gasteiger partial charge on any atom is 0.305 e. The lowest BCUT2D eigenvalue weighted by atomic mass is 10.2. The molecule has 1 fully saturated rings. The highest BCUT2D eigenvalue weighted by Crippen LogP contribution is 2.28. The fourth-order valence-electron chi connectivity index (χ4n) is 2.13. The Morgan fingerprint density at radius 3 is 2.86 bits per heavy atom. The summed E-state index contributed by atoms with van der Waals surface area (Å²) in [7, 11) is -4.04. The second kappa shape index (κ2) is 6.64. The van der Waals surface area contributed by atoms with E-state index in [-0.39, 0.29) is 13.0 Å². The number of rotatable bonds is 4. The molecule has 0 radical (unpaired) electrons. The number of sulfonamides is 1. The van der Waals surface area contributed by atoms with Crippen molar-refractivity contribution in [2.75, 3.05) is 18.1 Å². The van der Waals surface area contributed by atoms with Crippen molar-refractivity contribution in [3.05, 3.63) is 28.5 Å². The molecule has 1 aromatic rings. The fraction of sp³-hybridized carbons (Fsp3) is 0.417. The number of benzene rings is 1. The van der Waals surface area contributed by atoms with Crippen LogP contribution in [0.1, 0.15) is 6.42 Å².